The number of carbonyl (C=O) groups excluding carboxylic acids is 4. The number of amides is 5. The zero-order chi connectivity index (χ0) is 25.5. The van der Waals surface area contributed by atoms with Crippen LogP contribution in [0.1, 0.15) is 22.8 Å². The quantitative estimate of drug-likeness (QED) is 0.401. The van der Waals surface area contributed by atoms with Crippen molar-refractivity contribution in [1.82, 2.24) is 10.2 Å². The van der Waals surface area contributed by atoms with Gasteiger partial charge in [0.15, 0.2) is 0 Å². The predicted molar refractivity (Wildman–Crippen MR) is 135 cm³/mol. The van der Waals surface area contributed by atoms with Gasteiger partial charge in [-0.15, -0.1) is 0 Å². The number of benzene rings is 3. The number of anilines is 2. The second kappa shape index (κ2) is 11.2. The first-order valence-electron chi connectivity index (χ1n) is 11.5. The third-order valence-corrected chi connectivity index (χ3v) is 5.55. The summed E-state index contributed by atoms with van der Waals surface area (Å²) in [6, 6.07) is 21.4. The normalized spacial score (nSPS) is 14.8. The molecule has 1 heterocycles. The van der Waals surface area contributed by atoms with Gasteiger partial charge in [0.1, 0.15) is 18.3 Å². The lowest BCUT2D eigenvalue weighted by Gasteiger charge is -2.13. The maximum Gasteiger partial charge on any atom is 0.325 e. The largest absolute Gasteiger partial charge is 0.494 e. The molecule has 3 aromatic rings. The third-order valence-electron chi connectivity index (χ3n) is 5.55. The van der Waals surface area contributed by atoms with Gasteiger partial charge in [-0.2, -0.15) is 0 Å². The number of nitrogens with one attached hydrogen (secondary N) is 3. The molecule has 36 heavy (non-hydrogen) atoms. The van der Waals surface area contributed by atoms with Gasteiger partial charge in [0.25, 0.3) is 11.8 Å². The van der Waals surface area contributed by atoms with E-state index in [0.29, 0.717) is 30.0 Å². The van der Waals surface area contributed by atoms with Crippen LogP contribution in [0.3, 0.4) is 0 Å². The van der Waals surface area contributed by atoms with E-state index in [0.717, 1.165) is 16.2 Å². The molecule has 1 saturated heterocycles. The van der Waals surface area contributed by atoms with Gasteiger partial charge in [-0.05, 0) is 61.0 Å². The summed E-state index contributed by atoms with van der Waals surface area (Å²) in [6.45, 7) is 2.05. The molecule has 0 aliphatic carbocycles. The van der Waals surface area contributed by atoms with Crippen LogP contribution >= 0.6 is 0 Å². The Balaban J connectivity index is 1.29. The molecule has 1 atom stereocenters. The Hall–Kier alpha value is -4.66. The zero-order valence-electron chi connectivity index (χ0n) is 19.7. The van der Waals surface area contributed by atoms with E-state index >= 15 is 0 Å². The average molecular weight is 487 g/mol. The van der Waals surface area contributed by atoms with Crippen LogP contribution in [0.4, 0.5) is 16.2 Å². The summed E-state index contributed by atoms with van der Waals surface area (Å²) >= 11 is 0. The van der Waals surface area contributed by atoms with Crippen LogP contribution < -0.4 is 20.7 Å². The van der Waals surface area contributed by atoms with Gasteiger partial charge >= 0.3 is 6.03 Å². The molecule has 0 unspecified atom stereocenters. The topological polar surface area (TPSA) is 117 Å². The number of hydrogen-bond acceptors (Lipinski definition) is 5. The summed E-state index contributed by atoms with van der Waals surface area (Å²) in [4.78, 5) is 50.8. The summed E-state index contributed by atoms with van der Waals surface area (Å²) in [5.41, 5.74) is 2.37. The van der Waals surface area contributed by atoms with Gasteiger partial charge in [0.05, 0.1) is 6.61 Å². The molecule has 1 aliphatic rings. The Morgan fingerprint density at radius 2 is 1.53 bits per heavy atom. The SMILES string of the molecule is CCOc1ccc(NC(=O)c2ccc(NC(=O)CN3C(=O)N[C@@H](Cc4ccccc4)C3=O)cc2)cc1. The molecule has 0 bridgehead atoms. The van der Waals surface area contributed by atoms with E-state index in [9.17, 15) is 19.2 Å². The van der Waals surface area contributed by atoms with E-state index in [-0.39, 0.29) is 5.91 Å². The maximum atomic E-state index is 12.6. The van der Waals surface area contributed by atoms with E-state index < -0.39 is 30.4 Å². The second-order valence-corrected chi connectivity index (χ2v) is 8.15. The molecule has 0 radical (unpaired) electrons. The van der Waals surface area contributed by atoms with Crippen molar-refractivity contribution in [3.63, 3.8) is 0 Å². The Morgan fingerprint density at radius 3 is 2.19 bits per heavy atom. The minimum atomic E-state index is -0.708. The van der Waals surface area contributed by atoms with Crippen molar-refractivity contribution in [2.24, 2.45) is 0 Å². The molecule has 9 nitrogen and oxygen atoms in total. The van der Waals surface area contributed by atoms with Gasteiger partial charge in [-0.25, -0.2) is 4.79 Å². The minimum Gasteiger partial charge on any atom is -0.494 e. The molecule has 0 spiro atoms. The number of hydrogen-bond donors (Lipinski definition) is 3. The molecule has 5 amide bonds. The maximum absolute atomic E-state index is 12.6. The molecule has 1 aliphatic heterocycles. The highest BCUT2D eigenvalue weighted by Gasteiger charge is 2.38. The Kier molecular flexibility index (Phi) is 7.60. The fourth-order valence-electron chi connectivity index (χ4n) is 3.77. The summed E-state index contributed by atoms with van der Waals surface area (Å²) in [5.74, 6) is -0.554. The van der Waals surface area contributed by atoms with Crippen LogP contribution in [-0.4, -0.2) is 47.8 Å². The van der Waals surface area contributed by atoms with Crippen molar-refractivity contribution in [3.8, 4) is 5.75 Å². The number of urea groups is 1. The van der Waals surface area contributed by atoms with Gasteiger partial charge in [-0.1, -0.05) is 30.3 Å². The third kappa shape index (κ3) is 6.06. The van der Waals surface area contributed by atoms with Crippen LogP contribution in [0, 0.1) is 0 Å². The smallest absolute Gasteiger partial charge is 0.325 e. The average Bonchev–Trinajstić information content (AvgIpc) is 3.13. The lowest BCUT2D eigenvalue weighted by Crippen LogP contribution is -2.38. The first kappa shape index (κ1) is 24.5. The molecule has 3 aromatic carbocycles. The molecular formula is C27H26N4O5. The highest BCUT2D eigenvalue weighted by atomic mass is 16.5. The molecular weight excluding hydrogens is 460 g/mol. The number of ether oxygens (including phenoxy) is 1. The number of imide groups is 1. The standard InChI is InChI=1S/C27H26N4O5/c1-2-36-22-14-12-21(13-15-22)29-25(33)19-8-10-20(11-9-19)28-24(32)17-31-26(34)23(30-27(31)35)16-18-6-4-3-5-7-18/h3-15,23H,2,16-17H2,1H3,(H,28,32)(H,29,33)(H,30,35)/t23-/m0/s1. The predicted octanol–water partition coefficient (Wildman–Crippen LogP) is 3.44. The second-order valence-electron chi connectivity index (χ2n) is 8.15. The fourth-order valence-corrected chi connectivity index (χ4v) is 3.77. The van der Waals surface area contributed by atoms with Crippen molar-refractivity contribution in [3.05, 3.63) is 90.0 Å². The first-order chi connectivity index (χ1) is 17.4. The lowest BCUT2D eigenvalue weighted by molar-refractivity contribution is -0.130. The van der Waals surface area contributed by atoms with Gasteiger partial charge in [0, 0.05) is 23.4 Å². The zero-order valence-corrected chi connectivity index (χ0v) is 19.7. The van der Waals surface area contributed by atoms with Gasteiger partial charge in [-0.3, -0.25) is 19.3 Å². The number of rotatable bonds is 9. The summed E-state index contributed by atoms with van der Waals surface area (Å²) in [7, 11) is 0. The molecule has 1 fully saturated rings. The molecule has 0 aromatic heterocycles. The molecule has 0 saturated carbocycles. The highest BCUT2D eigenvalue weighted by Crippen LogP contribution is 2.18. The summed E-state index contributed by atoms with van der Waals surface area (Å²) in [5, 5.41) is 8.07. The Bertz CT molecular complexity index is 1240. The minimum absolute atomic E-state index is 0.305. The van der Waals surface area contributed by atoms with Crippen molar-refractivity contribution in [2.45, 2.75) is 19.4 Å². The van der Waals surface area contributed by atoms with E-state index in [1.54, 1.807) is 48.5 Å². The monoisotopic (exact) mass is 486 g/mol. The number of nitrogens with zero attached hydrogens (tertiary/aromatic N) is 1. The van der Waals surface area contributed by atoms with Crippen LogP contribution in [-0.2, 0) is 16.0 Å². The van der Waals surface area contributed by atoms with E-state index in [4.69, 9.17) is 4.74 Å². The fraction of sp³-hybridized carbons (Fsp3) is 0.185. The summed E-state index contributed by atoms with van der Waals surface area (Å²) in [6.07, 6.45) is 0.351. The number of carbonyl (C=O) groups is 4. The van der Waals surface area contributed by atoms with Crippen LogP contribution in [0.5, 0.6) is 5.75 Å². The molecule has 3 N–H and O–H groups in total. The van der Waals surface area contributed by atoms with Crippen molar-refractivity contribution in [1.29, 1.82) is 0 Å². The van der Waals surface area contributed by atoms with Crippen molar-refractivity contribution in [2.75, 3.05) is 23.8 Å². The van der Waals surface area contributed by atoms with E-state index in [1.807, 2.05) is 37.3 Å². The van der Waals surface area contributed by atoms with Crippen LogP contribution in [0.25, 0.3) is 0 Å². The van der Waals surface area contributed by atoms with Gasteiger partial charge in [0.2, 0.25) is 5.91 Å². The van der Waals surface area contributed by atoms with Crippen molar-refractivity contribution < 1.29 is 23.9 Å². The lowest BCUT2D eigenvalue weighted by atomic mass is 10.1. The summed E-state index contributed by atoms with van der Waals surface area (Å²) < 4.78 is 5.39. The Labute approximate surface area is 208 Å². The molecule has 4 rings (SSSR count). The van der Waals surface area contributed by atoms with Gasteiger partial charge < -0.3 is 20.7 Å². The molecule has 184 valence electrons. The van der Waals surface area contributed by atoms with Crippen molar-refractivity contribution >= 4 is 35.1 Å². The highest BCUT2D eigenvalue weighted by molar-refractivity contribution is 6.08. The van der Waals surface area contributed by atoms with Crippen LogP contribution in [0.2, 0.25) is 0 Å². The molecule has 9 heteroatoms. The van der Waals surface area contributed by atoms with Crippen LogP contribution in [0.15, 0.2) is 78.9 Å². The van der Waals surface area contributed by atoms with E-state index in [1.165, 1.54) is 0 Å². The first-order valence-corrected chi connectivity index (χ1v) is 11.5. The van der Waals surface area contributed by atoms with E-state index in [2.05, 4.69) is 16.0 Å². The Morgan fingerprint density at radius 1 is 0.889 bits per heavy atom.